The van der Waals surface area contributed by atoms with Gasteiger partial charge in [-0.2, -0.15) is 0 Å². The van der Waals surface area contributed by atoms with Gasteiger partial charge in [0.25, 0.3) is 0 Å². The number of aliphatic hydroxyl groups is 1. The zero-order valence-electron chi connectivity index (χ0n) is 7.89. The molecule has 0 aliphatic rings. The summed E-state index contributed by atoms with van der Waals surface area (Å²) in [5, 5.41) is 8.34. The molecule has 0 fully saturated rings. The van der Waals surface area contributed by atoms with Crippen LogP contribution in [0.25, 0.3) is 0 Å². The zero-order chi connectivity index (χ0) is 12.7. The molecule has 0 atom stereocenters. The summed E-state index contributed by atoms with van der Waals surface area (Å²) in [6.07, 6.45) is 1.37. The van der Waals surface area contributed by atoms with Gasteiger partial charge in [0.2, 0.25) is 0 Å². The van der Waals surface area contributed by atoms with Crippen LogP contribution in [-0.2, 0) is 9.13 Å². The lowest BCUT2D eigenvalue weighted by atomic mass is 10.4. The number of phosphoric acid groups is 1. The lowest BCUT2D eigenvalue weighted by molar-refractivity contribution is 0.275. The summed E-state index contributed by atoms with van der Waals surface area (Å²) in [5.74, 6) is 0. The molecular weight excluding hydrogens is 250 g/mol. The highest BCUT2D eigenvalue weighted by atomic mass is 31.2. The monoisotopic (exact) mass is 264 g/mol. The van der Waals surface area contributed by atoms with Crippen molar-refractivity contribution in [2.24, 2.45) is 0 Å². The Kier molecular flexibility index (Phi) is 8.41. The van der Waals surface area contributed by atoms with Crippen LogP contribution in [0.2, 0.25) is 0 Å². The van der Waals surface area contributed by atoms with Gasteiger partial charge >= 0.3 is 15.4 Å². The molecular formula is C5H14O8P2. The van der Waals surface area contributed by atoms with E-state index < -0.39 is 15.4 Å². The SMILES string of the molecule is CC=C(CCO)P(=O)(O)O.O=P(O)(O)O. The standard InChI is InChI=1S/C5H11O4P.H3O4P/c1-2-5(3-4-6)10(7,8)9;1-5(2,3)4/h2,6H,3-4H2,1H3,(H2,7,8,9);(H3,1,2,3,4). The number of aliphatic hydroxyl groups excluding tert-OH is 1. The second kappa shape index (κ2) is 7.27. The Morgan fingerprint density at radius 1 is 1.13 bits per heavy atom. The Bertz CT molecular complexity index is 277. The van der Waals surface area contributed by atoms with Gasteiger partial charge in [-0.1, -0.05) is 6.08 Å². The fraction of sp³-hybridized carbons (Fsp3) is 0.600. The Morgan fingerprint density at radius 3 is 1.53 bits per heavy atom. The van der Waals surface area contributed by atoms with Crippen molar-refractivity contribution in [2.45, 2.75) is 13.3 Å². The van der Waals surface area contributed by atoms with Crippen LogP contribution in [-0.4, -0.2) is 36.2 Å². The number of hydrogen-bond donors (Lipinski definition) is 6. The maximum Gasteiger partial charge on any atom is 0.466 e. The molecule has 0 aromatic heterocycles. The third-order valence-electron chi connectivity index (χ3n) is 1.08. The molecule has 0 aliphatic heterocycles. The Morgan fingerprint density at radius 2 is 1.47 bits per heavy atom. The van der Waals surface area contributed by atoms with Crippen molar-refractivity contribution >= 4 is 15.4 Å². The van der Waals surface area contributed by atoms with Gasteiger partial charge in [-0.3, -0.25) is 4.57 Å². The van der Waals surface area contributed by atoms with Gasteiger partial charge in [-0.05, 0) is 6.92 Å². The molecule has 10 heteroatoms. The van der Waals surface area contributed by atoms with Crippen LogP contribution in [0, 0.1) is 0 Å². The van der Waals surface area contributed by atoms with Gasteiger partial charge in [-0.15, -0.1) is 0 Å². The minimum Gasteiger partial charge on any atom is -0.396 e. The minimum absolute atomic E-state index is 0.00463. The van der Waals surface area contributed by atoms with Crippen LogP contribution in [0.4, 0.5) is 0 Å². The maximum atomic E-state index is 10.5. The van der Waals surface area contributed by atoms with E-state index in [-0.39, 0.29) is 18.3 Å². The van der Waals surface area contributed by atoms with Crippen LogP contribution < -0.4 is 0 Å². The molecule has 0 amide bonds. The molecule has 6 N–H and O–H groups in total. The van der Waals surface area contributed by atoms with Gasteiger partial charge in [0.15, 0.2) is 0 Å². The van der Waals surface area contributed by atoms with Crippen LogP contribution in [0.1, 0.15) is 13.3 Å². The first-order valence-electron chi connectivity index (χ1n) is 3.62. The van der Waals surface area contributed by atoms with E-state index in [1.165, 1.54) is 13.0 Å². The predicted molar refractivity (Wildman–Crippen MR) is 51.8 cm³/mol. The van der Waals surface area contributed by atoms with Gasteiger partial charge in [-0.25, -0.2) is 4.57 Å². The summed E-state index contributed by atoms with van der Waals surface area (Å²) in [4.78, 5) is 38.6. The Balaban J connectivity index is 0. The molecule has 8 nitrogen and oxygen atoms in total. The van der Waals surface area contributed by atoms with Gasteiger partial charge < -0.3 is 29.6 Å². The molecule has 0 spiro atoms. The van der Waals surface area contributed by atoms with E-state index >= 15 is 0 Å². The predicted octanol–water partition coefficient (Wildman–Crippen LogP) is -0.478. The summed E-state index contributed by atoms with van der Waals surface area (Å²) < 4.78 is 19.3. The molecule has 0 rings (SSSR count). The molecule has 0 aromatic carbocycles. The molecule has 0 saturated heterocycles. The van der Waals surface area contributed by atoms with Gasteiger partial charge in [0, 0.05) is 18.3 Å². The second-order valence-corrected chi connectivity index (χ2v) is 5.00. The van der Waals surface area contributed by atoms with E-state index in [1.54, 1.807) is 0 Å². The smallest absolute Gasteiger partial charge is 0.396 e. The van der Waals surface area contributed by atoms with E-state index in [0.29, 0.717) is 0 Å². The molecule has 0 heterocycles. The van der Waals surface area contributed by atoms with Gasteiger partial charge in [0.1, 0.15) is 0 Å². The van der Waals surface area contributed by atoms with Crippen molar-refractivity contribution in [3.63, 3.8) is 0 Å². The Hall–Kier alpha value is -0.0400. The minimum atomic E-state index is -4.64. The van der Waals surface area contributed by atoms with Crippen molar-refractivity contribution < 1.29 is 38.7 Å². The van der Waals surface area contributed by atoms with Crippen molar-refractivity contribution in [2.75, 3.05) is 6.61 Å². The summed E-state index contributed by atoms with van der Waals surface area (Å²) >= 11 is 0. The highest BCUT2D eigenvalue weighted by Gasteiger charge is 2.18. The fourth-order valence-corrected chi connectivity index (χ4v) is 1.30. The van der Waals surface area contributed by atoms with Crippen molar-refractivity contribution in [1.82, 2.24) is 0 Å². The molecule has 0 saturated carbocycles. The van der Waals surface area contributed by atoms with Crippen LogP contribution >= 0.6 is 15.4 Å². The van der Waals surface area contributed by atoms with Crippen molar-refractivity contribution in [3.8, 4) is 0 Å². The van der Waals surface area contributed by atoms with Crippen molar-refractivity contribution in [1.29, 1.82) is 0 Å². The van der Waals surface area contributed by atoms with Crippen LogP contribution in [0.3, 0.4) is 0 Å². The van der Waals surface area contributed by atoms with Crippen LogP contribution in [0.15, 0.2) is 11.4 Å². The number of rotatable bonds is 3. The maximum absolute atomic E-state index is 10.5. The molecule has 0 unspecified atom stereocenters. The summed E-state index contributed by atoms with van der Waals surface area (Å²) in [5.41, 5.74) is 0. The highest BCUT2D eigenvalue weighted by Crippen LogP contribution is 2.46. The Labute approximate surface area is 86.3 Å². The van der Waals surface area contributed by atoms with Crippen molar-refractivity contribution in [3.05, 3.63) is 11.4 Å². The number of hydrogen-bond acceptors (Lipinski definition) is 3. The molecule has 15 heavy (non-hydrogen) atoms. The molecule has 0 radical (unpaired) electrons. The average molecular weight is 264 g/mol. The zero-order valence-corrected chi connectivity index (χ0v) is 9.67. The summed E-state index contributed by atoms with van der Waals surface area (Å²) in [6, 6.07) is 0. The van der Waals surface area contributed by atoms with Gasteiger partial charge in [0.05, 0.1) is 0 Å². The normalized spacial score (nSPS) is 13.1. The number of allylic oxidation sites excluding steroid dienone is 1. The lowest BCUT2D eigenvalue weighted by Gasteiger charge is -2.05. The van der Waals surface area contributed by atoms with E-state index in [2.05, 4.69) is 0 Å². The van der Waals surface area contributed by atoms with E-state index in [1.807, 2.05) is 0 Å². The summed E-state index contributed by atoms with van der Waals surface area (Å²) in [7, 11) is -8.73. The lowest BCUT2D eigenvalue weighted by Crippen LogP contribution is -1.89. The average Bonchev–Trinajstić information content (AvgIpc) is 1.94. The molecule has 0 bridgehead atoms. The highest BCUT2D eigenvalue weighted by molar-refractivity contribution is 7.56. The van der Waals surface area contributed by atoms with Crippen LogP contribution in [0.5, 0.6) is 0 Å². The van der Waals surface area contributed by atoms with E-state index in [4.69, 9.17) is 34.1 Å². The summed E-state index contributed by atoms with van der Waals surface area (Å²) in [6.45, 7) is 1.30. The first-order chi connectivity index (χ1) is 6.52. The first kappa shape index (κ1) is 17.4. The largest absolute Gasteiger partial charge is 0.466 e. The third kappa shape index (κ3) is 16.6. The second-order valence-electron chi connectivity index (χ2n) is 2.31. The first-order valence-corrected chi connectivity index (χ1v) is 6.80. The van der Waals surface area contributed by atoms with E-state index in [0.717, 1.165) is 0 Å². The van der Waals surface area contributed by atoms with E-state index in [9.17, 15) is 4.57 Å². The topological polar surface area (TPSA) is 156 Å². The molecule has 0 aliphatic carbocycles. The molecule has 92 valence electrons. The quantitative estimate of drug-likeness (QED) is 0.373. The fourth-order valence-electron chi connectivity index (χ4n) is 0.573. The third-order valence-corrected chi connectivity index (χ3v) is 2.31. The molecule has 0 aromatic rings.